The summed E-state index contributed by atoms with van der Waals surface area (Å²) in [5.74, 6) is 3.77. The van der Waals surface area contributed by atoms with Crippen molar-refractivity contribution in [2.24, 2.45) is 40.4 Å². The number of ether oxygens (including phenoxy) is 1. The summed E-state index contributed by atoms with van der Waals surface area (Å²) in [6.45, 7) is 20.4. The molecule has 6 unspecified atom stereocenters. The zero-order valence-electron chi connectivity index (χ0n) is 30.3. The molecule has 5 heteroatoms. The van der Waals surface area contributed by atoms with Crippen LogP contribution in [0, 0.1) is 40.4 Å². The molecule has 0 amide bonds. The molecule has 0 bridgehead atoms. The van der Waals surface area contributed by atoms with Crippen LogP contribution < -0.4 is 5.32 Å². The predicted octanol–water partition coefficient (Wildman–Crippen LogP) is 9.23. The molecule has 254 valence electrons. The van der Waals surface area contributed by atoms with Crippen LogP contribution in [0.1, 0.15) is 146 Å². The van der Waals surface area contributed by atoms with Crippen LogP contribution in [0.4, 0.5) is 0 Å². The highest BCUT2D eigenvalue weighted by Crippen LogP contribution is 2.65. The number of fused-ring (bicyclic) bond motifs is 5. The molecule has 4 aliphatic carbocycles. The van der Waals surface area contributed by atoms with Crippen molar-refractivity contribution in [3.63, 3.8) is 0 Å². The summed E-state index contributed by atoms with van der Waals surface area (Å²) >= 11 is 0. The molecule has 6 atom stereocenters. The molecule has 0 aliphatic heterocycles. The van der Waals surface area contributed by atoms with Crippen molar-refractivity contribution >= 4 is 12.3 Å². The summed E-state index contributed by atoms with van der Waals surface area (Å²) in [6, 6.07) is 0. The first-order valence-electron chi connectivity index (χ1n) is 18.0. The van der Waals surface area contributed by atoms with Crippen LogP contribution in [0.3, 0.4) is 0 Å². The highest BCUT2D eigenvalue weighted by atomic mass is 16.5. The number of aliphatic hydroxyl groups excluding tert-OH is 1. The van der Waals surface area contributed by atoms with Gasteiger partial charge in [0, 0.05) is 18.4 Å². The van der Waals surface area contributed by atoms with Gasteiger partial charge in [-0.25, -0.2) is 0 Å². The van der Waals surface area contributed by atoms with E-state index in [0.717, 1.165) is 49.2 Å². The molecule has 0 radical (unpaired) electrons. The topological polar surface area (TPSA) is 75.6 Å². The fourth-order valence-electron chi connectivity index (χ4n) is 8.09. The maximum Gasteiger partial charge on any atom is 0.306 e. The first kappa shape index (κ1) is 38.7. The van der Waals surface area contributed by atoms with Gasteiger partial charge < -0.3 is 20.0 Å². The Morgan fingerprint density at radius 2 is 1.73 bits per heavy atom. The summed E-state index contributed by atoms with van der Waals surface area (Å²) in [4.78, 5) is 22.6. The van der Waals surface area contributed by atoms with Crippen molar-refractivity contribution in [3.05, 3.63) is 23.3 Å². The first-order valence-corrected chi connectivity index (χ1v) is 18.0. The molecule has 3 fully saturated rings. The molecule has 0 spiro atoms. The Kier molecular flexibility index (Phi) is 15.4. The first-order chi connectivity index (χ1) is 20.6. The zero-order chi connectivity index (χ0) is 33.1. The van der Waals surface area contributed by atoms with E-state index in [1.165, 1.54) is 56.9 Å². The quantitative estimate of drug-likeness (QED) is 0.138. The Labute approximate surface area is 271 Å². The maximum absolute atomic E-state index is 12.0. The lowest BCUT2D eigenvalue weighted by Crippen LogP contribution is -2.46. The average Bonchev–Trinajstić information content (AvgIpc) is 3.30. The van der Waals surface area contributed by atoms with Crippen molar-refractivity contribution in [3.8, 4) is 0 Å². The molecule has 2 N–H and O–H groups in total. The summed E-state index contributed by atoms with van der Waals surface area (Å²) < 4.78 is 5.72. The molecule has 5 nitrogen and oxygen atoms in total. The lowest BCUT2D eigenvalue weighted by Gasteiger charge is -2.55. The van der Waals surface area contributed by atoms with Crippen LogP contribution in [0.5, 0.6) is 0 Å². The third kappa shape index (κ3) is 10.5. The van der Waals surface area contributed by atoms with Crippen molar-refractivity contribution < 1.29 is 19.4 Å². The highest BCUT2D eigenvalue weighted by Gasteiger charge is 2.56. The molecular formula is C39H69NO4. The molecule has 4 rings (SSSR count). The second-order valence-electron chi connectivity index (χ2n) is 16.5. The van der Waals surface area contributed by atoms with Crippen molar-refractivity contribution in [1.82, 2.24) is 5.32 Å². The number of aliphatic hydroxyl groups is 1. The molecule has 0 saturated heterocycles. The van der Waals surface area contributed by atoms with Crippen LogP contribution in [0.2, 0.25) is 0 Å². The van der Waals surface area contributed by atoms with E-state index in [1.54, 1.807) is 5.57 Å². The van der Waals surface area contributed by atoms with Crippen LogP contribution in [-0.4, -0.2) is 42.7 Å². The minimum atomic E-state index is -0.220. The van der Waals surface area contributed by atoms with Crippen LogP contribution >= 0.6 is 0 Å². The summed E-state index contributed by atoms with van der Waals surface area (Å²) in [5, 5.41) is 11.5. The van der Waals surface area contributed by atoms with E-state index < -0.39 is 0 Å². The predicted molar refractivity (Wildman–Crippen MR) is 184 cm³/mol. The number of nitrogens with one attached hydrogen (secondary N) is 1. The maximum atomic E-state index is 12.0. The van der Waals surface area contributed by atoms with E-state index in [-0.39, 0.29) is 42.5 Å². The van der Waals surface area contributed by atoms with E-state index in [2.05, 4.69) is 65.9 Å². The molecule has 3 saturated carbocycles. The Bertz CT molecular complexity index is 956. The number of carbonyl (C=O) groups is 2. The molecular weight excluding hydrogens is 546 g/mol. The van der Waals surface area contributed by atoms with Gasteiger partial charge in [0.05, 0.1) is 13.0 Å². The van der Waals surface area contributed by atoms with Crippen molar-refractivity contribution in [2.45, 2.75) is 157 Å². The van der Waals surface area contributed by atoms with Crippen molar-refractivity contribution in [2.75, 3.05) is 13.7 Å². The number of likely N-dealkylation sites (N-methyl/N-ethyl adjacent to an activating group) is 1. The standard InChI is InChI=1S/C30H46O3.C5H13NO.C4H10/c1-21(2)8-5-6-9-22-12-14-26-25-13-11-23-20-24(33-28(32)10-7-19-31)15-17-30(23,4)27(25)16-18-29(22,26)3;1-5(2,4-7)6-3;1-4(2)3/h11,13,19,21-22,24,26-27H,5-10,12,14-18,20H2,1-4H3;6-7H,4H2,1-3H3;4H,1-3H3. The number of aldehydes is 1. The fraction of sp³-hybridized carbons (Fsp3) is 0.846. The number of unbranched alkanes of at least 4 members (excludes halogenated alkanes) is 1. The third-order valence-corrected chi connectivity index (χ3v) is 11.1. The van der Waals surface area contributed by atoms with Gasteiger partial charge in [-0.1, -0.05) is 91.0 Å². The number of hydrogen-bond donors (Lipinski definition) is 2. The van der Waals surface area contributed by atoms with Gasteiger partial charge in [0.2, 0.25) is 0 Å². The Hall–Kier alpha value is -1.46. The molecule has 0 aromatic heterocycles. The van der Waals surface area contributed by atoms with Gasteiger partial charge in [0.15, 0.2) is 0 Å². The van der Waals surface area contributed by atoms with Gasteiger partial charge in [-0.05, 0) is 106 Å². The van der Waals surface area contributed by atoms with Crippen molar-refractivity contribution in [1.29, 1.82) is 0 Å². The van der Waals surface area contributed by atoms with E-state index in [9.17, 15) is 9.59 Å². The van der Waals surface area contributed by atoms with Gasteiger partial charge in [-0.2, -0.15) is 0 Å². The largest absolute Gasteiger partial charge is 0.462 e. The minimum Gasteiger partial charge on any atom is -0.462 e. The SMILES string of the molecule is CC(C)C.CC(C)CCCCC1CCC2C3=CC=C4CC(OC(=O)CCC=O)CCC4(C)C3CCC12C.CNC(C)(C)CO. The van der Waals surface area contributed by atoms with Crippen LogP contribution in [-0.2, 0) is 14.3 Å². The van der Waals surface area contributed by atoms with Gasteiger partial charge >= 0.3 is 5.97 Å². The van der Waals surface area contributed by atoms with Crippen LogP contribution in [0.25, 0.3) is 0 Å². The Balaban J connectivity index is 0.000000526. The molecule has 4 aliphatic rings. The fourth-order valence-corrected chi connectivity index (χ4v) is 8.09. The van der Waals surface area contributed by atoms with E-state index >= 15 is 0 Å². The van der Waals surface area contributed by atoms with Gasteiger partial charge in [-0.3, -0.25) is 4.79 Å². The van der Waals surface area contributed by atoms with E-state index in [1.807, 2.05) is 20.9 Å². The lowest BCUT2D eigenvalue weighted by molar-refractivity contribution is -0.151. The number of esters is 1. The highest BCUT2D eigenvalue weighted by molar-refractivity contribution is 5.72. The molecule has 0 heterocycles. The minimum absolute atomic E-state index is 0.0195. The normalized spacial score (nSPS) is 30.8. The average molecular weight is 616 g/mol. The van der Waals surface area contributed by atoms with Gasteiger partial charge in [0.1, 0.15) is 12.4 Å². The zero-order valence-corrected chi connectivity index (χ0v) is 30.3. The smallest absolute Gasteiger partial charge is 0.306 e. The number of hydrogen-bond acceptors (Lipinski definition) is 5. The molecule has 0 aromatic carbocycles. The third-order valence-electron chi connectivity index (χ3n) is 11.1. The second-order valence-corrected chi connectivity index (χ2v) is 16.5. The summed E-state index contributed by atoms with van der Waals surface area (Å²) in [6.07, 6.45) is 20.1. The summed E-state index contributed by atoms with van der Waals surface area (Å²) in [5.41, 5.74) is 3.85. The Morgan fingerprint density at radius 3 is 2.30 bits per heavy atom. The van der Waals surface area contributed by atoms with Crippen LogP contribution in [0.15, 0.2) is 23.3 Å². The number of allylic oxidation sites excluding steroid dienone is 3. The Morgan fingerprint density at radius 1 is 1.05 bits per heavy atom. The number of rotatable bonds is 11. The number of carbonyl (C=O) groups excluding carboxylic acids is 2. The van der Waals surface area contributed by atoms with Gasteiger partial charge in [-0.15, -0.1) is 0 Å². The van der Waals surface area contributed by atoms with E-state index in [4.69, 9.17) is 9.84 Å². The van der Waals surface area contributed by atoms with E-state index in [0.29, 0.717) is 11.3 Å². The second kappa shape index (κ2) is 17.5. The molecule has 0 aromatic rings. The molecule has 44 heavy (non-hydrogen) atoms. The lowest BCUT2D eigenvalue weighted by atomic mass is 9.50. The monoisotopic (exact) mass is 616 g/mol. The van der Waals surface area contributed by atoms with Gasteiger partial charge in [0.25, 0.3) is 0 Å². The summed E-state index contributed by atoms with van der Waals surface area (Å²) in [7, 11) is 1.83.